The van der Waals surface area contributed by atoms with E-state index in [-0.39, 0.29) is 17.9 Å². The Bertz CT molecular complexity index is 830. The van der Waals surface area contributed by atoms with E-state index < -0.39 is 60.6 Å². The Morgan fingerprint density at radius 2 is 1.93 bits per heavy atom. The second-order valence-corrected chi connectivity index (χ2v) is 6.62. The van der Waals surface area contributed by atoms with Crippen LogP contribution in [0.25, 0.3) is 0 Å². The standard InChI is InChI=1S/C17H19F4N3O6/c1-16(29,14(27)22-7-17(19,20)21)15(28)24-12-11(4-5-25)30-10-3-2-8(18)6-9(10)23-13(12)26/h2-3,6,11-12,25,29H,4-5,7H2,1H3,(H,22,27)(H,23,26)(H,24,28)/t11-,12+,16?/m1/s1. The van der Waals surface area contributed by atoms with E-state index in [2.05, 4.69) is 5.32 Å². The first-order valence-corrected chi connectivity index (χ1v) is 8.61. The molecule has 1 aromatic rings. The Balaban J connectivity index is 2.20. The van der Waals surface area contributed by atoms with E-state index in [0.29, 0.717) is 6.92 Å². The second kappa shape index (κ2) is 8.83. The van der Waals surface area contributed by atoms with Crippen molar-refractivity contribution >= 4 is 23.4 Å². The highest BCUT2D eigenvalue weighted by molar-refractivity contribution is 6.09. The maximum absolute atomic E-state index is 13.4. The van der Waals surface area contributed by atoms with Crippen molar-refractivity contribution in [1.29, 1.82) is 0 Å². The number of halogens is 4. The lowest BCUT2D eigenvalue weighted by Crippen LogP contribution is -2.61. The third kappa shape index (κ3) is 5.57. The number of aliphatic hydroxyl groups is 2. The largest absolute Gasteiger partial charge is 0.485 e. The van der Waals surface area contributed by atoms with Crippen molar-refractivity contribution in [3.05, 3.63) is 24.0 Å². The van der Waals surface area contributed by atoms with Gasteiger partial charge in [-0.05, 0) is 19.1 Å². The maximum Gasteiger partial charge on any atom is 0.405 e. The summed E-state index contributed by atoms with van der Waals surface area (Å²) in [6.45, 7) is -1.62. The highest BCUT2D eigenvalue weighted by Gasteiger charge is 2.44. The van der Waals surface area contributed by atoms with Crippen LogP contribution in [0, 0.1) is 5.82 Å². The summed E-state index contributed by atoms with van der Waals surface area (Å²) >= 11 is 0. The van der Waals surface area contributed by atoms with Crippen molar-refractivity contribution in [1.82, 2.24) is 10.6 Å². The van der Waals surface area contributed by atoms with Crippen LogP contribution in [0.15, 0.2) is 18.2 Å². The van der Waals surface area contributed by atoms with Gasteiger partial charge in [-0.25, -0.2) is 4.39 Å². The number of rotatable bonds is 6. The summed E-state index contributed by atoms with van der Waals surface area (Å²) in [7, 11) is 0. The predicted octanol–water partition coefficient (Wildman–Crippen LogP) is -0.178. The van der Waals surface area contributed by atoms with E-state index in [1.54, 1.807) is 0 Å². The van der Waals surface area contributed by atoms with Gasteiger partial charge in [0, 0.05) is 19.1 Å². The van der Waals surface area contributed by atoms with Gasteiger partial charge in [-0.15, -0.1) is 0 Å². The van der Waals surface area contributed by atoms with Gasteiger partial charge in [-0.2, -0.15) is 13.2 Å². The second-order valence-electron chi connectivity index (χ2n) is 6.62. The number of carbonyl (C=O) groups excluding carboxylic acids is 3. The number of ether oxygens (including phenoxy) is 1. The summed E-state index contributed by atoms with van der Waals surface area (Å²) in [4.78, 5) is 36.7. The number of nitrogens with one attached hydrogen (secondary N) is 3. The number of fused-ring (bicyclic) bond motifs is 1. The van der Waals surface area contributed by atoms with E-state index >= 15 is 0 Å². The molecule has 3 amide bonds. The zero-order valence-corrected chi connectivity index (χ0v) is 15.5. The first-order chi connectivity index (χ1) is 13.8. The molecule has 1 heterocycles. The third-order valence-electron chi connectivity index (χ3n) is 4.17. The summed E-state index contributed by atoms with van der Waals surface area (Å²) in [5, 5.41) is 25.0. The fraction of sp³-hybridized carbons (Fsp3) is 0.471. The normalized spacial score (nSPS) is 20.7. The number of anilines is 1. The molecule has 30 heavy (non-hydrogen) atoms. The molecule has 1 unspecified atom stereocenters. The minimum absolute atomic E-state index is 0.0367. The van der Waals surface area contributed by atoms with Crippen LogP contribution in [0.3, 0.4) is 0 Å². The number of hydrogen-bond donors (Lipinski definition) is 5. The van der Waals surface area contributed by atoms with Crippen molar-refractivity contribution < 1.29 is 46.9 Å². The average molecular weight is 437 g/mol. The van der Waals surface area contributed by atoms with Crippen LogP contribution in [0.5, 0.6) is 5.75 Å². The molecular formula is C17H19F4N3O6. The smallest absolute Gasteiger partial charge is 0.405 e. The summed E-state index contributed by atoms with van der Waals surface area (Å²) in [5.74, 6) is -4.70. The number of alkyl halides is 3. The number of hydrogen-bond acceptors (Lipinski definition) is 6. The van der Waals surface area contributed by atoms with Crippen LogP contribution in [0.4, 0.5) is 23.2 Å². The molecule has 0 bridgehead atoms. The quantitative estimate of drug-likeness (QED) is 0.309. The van der Waals surface area contributed by atoms with Gasteiger partial charge in [0.05, 0.1) is 5.69 Å². The molecule has 166 valence electrons. The monoisotopic (exact) mass is 437 g/mol. The molecule has 1 aromatic carbocycles. The topological polar surface area (TPSA) is 137 Å². The lowest BCUT2D eigenvalue weighted by Gasteiger charge is -2.28. The Labute approximate surface area is 167 Å². The van der Waals surface area contributed by atoms with Gasteiger partial charge in [-0.1, -0.05) is 0 Å². The molecule has 0 spiro atoms. The molecule has 3 atom stereocenters. The van der Waals surface area contributed by atoms with Crippen LogP contribution in [-0.4, -0.2) is 65.0 Å². The van der Waals surface area contributed by atoms with Gasteiger partial charge in [0.1, 0.15) is 30.3 Å². The SMILES string of the molecule is CC(O)(C(=O)NCC(F)(F)F)C(=O)N[C@@H]1C(=O)Nc2cc(F)ccc2O[C@@H]1CCO. The van der Waals surface area contributed by atoms with E-state index in [4.69, 9.17) is 4.74 Å². The van der Waals surface area contributed by atoms with Gasteiger partial charge in [-0.3, -0.25) is 14.4 Å². The molecule has 1 aliphatic heterocycles. The summed E-state index contributed by atoms with van der Waals surface area (Å²) in [5.41, 5.74) is -3.02. The Morgan fingerprint density at radius 1 is 1.27 bits per heavy atom. The zero-order valence-electron chi connectivity index (χ0n) is 15.5. The van der Waals surface area contributed by atoms with Gasteiger partial charge in [0.15, 0.2) is 0 Å². The molecule has 0 aromatic heterocycles. The van der Waals surface area contributed by atoms with Gasteiger partial charge >= 0.3 is 6.18 Å². The highest BCUT2D eigenvalue weighted by atomic mass is 19.4. The van der Waals surface area contributed by atoms with Crippen LogP contribution in [-0.2, 0) is 14.4 Å². The Kier molecular flexibility index (Phi) is 6.87. The number of benzene rings is 1. The molecule has 9 nitrogen and oxygen atoms in total. The predicted molar refractivity (Wildman–Crippen MR) is 92.8 cm³/mol. The van der Waals surface area contributed by atoms with Crippen LogP contribution < -0.4 is 20.7 Å². The molecule has 13 heteroatoms. The molecule has 0 saturated carbocycles. The van der Waals surface area contributed by atoms with Crippen molar-refractivity contribution in [3.63, 3.8) is 0 Å². The summed E-state index contributed by atoms with van der Waals surface area (Å²) in [6, 6.07) is 1.64. The van der Waals surface area contributed by atoms with Crippen molar-refractivity contribution in [2.24, 2.45) is 0 Å². The fourth-order valence-electron chi connectivity index (χ4n) is 2.56. The van der Waals surface area contributed by atoms with Crippen molar-refractivity contribution in [2.75, 3.05) is 18.5 Å². The first kappa shape index (κ1) is 23.3. The van der Waals surface area contributed by atoms with E-state index in [9.17, 15) is 42.2 Å². The maximum atomic E-state index is 13.4. The van der Waals surface area contributed by atoms with Crippen molar-refractivity contribution in [2.45, 2.75) is 37.3 Å². The fourth-order valence-corrected chi connectivity index (χ4v) is 2.56. The lowest BCUT2D eigenvalue weighted by atomic mass is 10.0. The third-order valence-corrected chi connectivity index (χ3v) is 4.17. The molecule has 5 N–H and O–H groups in total. The summed E-state index contributed by atoms with van der Waals surface area (Å²) < 4.78 is 55.7. The zero-order chi connectivity index (χ0) is 22.7. The van der Waals surface area contributed by atoms with Gasteiger partial charge in [0.2, 0.25) is 5.60 Å². The molecule has 0 saturated heterocycles. The van der Waals surface area contributed by atoms with Crippen LogP contribution >= 0.6 is 0 Å². The molecule has 0 aliphatic carbocycles. The number of carbonyl (C=O) groups is 3. The minimum Gasteiger partial charge on any atom is -0.485 e. The van der Waals surface area contributed by atoms with Crippen LogP contribution in [0.2, 0.25) is 0 Å². The Morgan fingerprint density at radius 3 is 2.53 bits per heavy atom. The molecule has 1 aliphatic rings. The van der Waals surface area contributed by atoms with Gasteiger partial charge in [0.25, 0.3) is 17.7 Å². The van der Waals surface area contributed by atoms with E-state index in [1.807, 2.05) is 5.32 Å². The molecular weight excluding hydrogens is 418 g/mol. The molecule has 0 radical (unpaired) electrons. The first-order valence-electron chi connectivity index (χ1n) is 8.61. The van der Waals surface area contributed by atoms with Gasteiger partial charge < -0.3 is 30.9 Å². The molecule has 0 fully saturated rings. The van der Waals surface area contributed by atoms with E-state index in [0.717, 1.165) is 12.1 Å². The van der Waals surface area contributed by atoms with Crippen molar-refractivity contribution in [3.8, 4) is 5.75 Å². The minimum atomic E-state index is -4.77. The lowest BCUT2D eigenvalue weighted by molar-refractivity contribution is -0.158. The number of amides is 3. The van der Waals surface area contributed by atoms with E-state index in [1.165, 1.54) is 11.4 Å². The number of aliphatic hydroxyl groups excluding tert-OH is 1. The van der Waals surface area contributed by atoms with Crippen LogP contribution in [0.1, 0.15) is 13.3 Å². The highest BCUT2D eigenvalue weighted by Crippen LogP contribution is 2.30. The molecule has 2 rings (SSSR count). The summed E-state index contributed by atoms with van der Waals surface area (Å²) in [6.07, 6.45) is -6.15. The Hall–Kier alpha value is -2.93. The average Bonchev–Trinajstić information content (AvgIpc) is 2.76.